The number of piperazine rings is 1. The van der Waals surface area contributed by atoms with E-state index in [2.05, 4.69) is 80.4 Å². The molecule has 2 aliphatic rings. The molecule has 6 rings (SSSR count). The van der Waals surface area contributed by atoms with Gasteiger partial charge in [0.05, 0.1) is 34.0 Å². The topological polar surface area (TPSA) is 93.3 Å². The van der Waals surface area contributed by atoms with Crippen molar-refractivity contribution >= 4 is 50.8 Å². The van der Waals surface area contributed by atoms with Gasteiger partial charge in [0, 0.05) is 25.2 Å². The number of rotatable bonds is 4. The van der Waals surface area contributed by atoms with E-state index in [0.717, 1.165) is 41.0 Å². The molecule has 4 aromatic rings. The molecule has 0 spiro atoms. The van der Waals surface area contributed by atoms with Crippen LogP contribution in [0.5, 0.6) is 0 Å². The molecule has 0 bridgehead atoms. The molecule has 2 aliphatic heterocycles. The predicted molar refractivity (Wildman–Crippen MR) is 146 cm³/mol. The van der Waals surface area contributed by atoms with Gasteiger partial charge in [-0.1, -0.05) is 30.3 Å². The first-order valence-electron chi connectivity index (χ1n) is 12.4. The van der Waals surface area contributed by atoms with Crippen LogP contribution in [0.3, 0.4) is 0 Å². The third kappa shape index (κ3) is 4.32. The van der Waals surface area contributed by atoms with Gasteiger partial charge in [-0.05, 0) is 55.9 Å². The van der Waals surface area contributed by atoms with Gasteiger partial charge in [-0.15, -0.1) is 11.3 Å². The molecule has 192 valence electrons. The average molecular weight is 537 g/mol. The van der Waals surface area contributed by atoms with E-state index in [-0.39, 0.29) is 17.4 Å². The Balaban J connectivity index is 1.27. The summed E-state index contributed by atoms with van der Waals surface area (Å²) in [5.74, 6) is 1.27. The summed E-state index contributed by atoms with van der Waals surface area (Å²) in [6.07, 6.45) is 0.829. The number of nitrogens with zero attached hydrogens (tertiary/aromatic N) is 6. The zero-order valence-electron chi connectivity index (χ0n) is 21.0. The number of nitrogens with one attached hydrogen (secondary N) is 2. The van der Waals surface area contributed by atoms with E-state index in [4.69, 9.17) is 11.6 Å². The summed E-state index contributed by atoms with van der Waals surface area (Å²) < 4.78 is 0.910. The Labute approximate surface area is 224 Å². The van der Waals surface area contributed by atoms with Crippen LogP contribution in [-0.2, 0) is 18.5 Å². The first-order valence-corrected chi connectivity index (χ1v) is 13.6. The number of likely N-dealkylation sites (N-methyl/N-ethyl adjacent to an activating group) is 1. The van der Waals surface area contributed by atoms with Gasteiger partial charge in [-0.3, -0.25) is 5.10 Å². The summed E-state index contributed by atoms with van der Waals surface area (Å²) in [5, 5.41) is 13.2. The third-order valence-electron chi connectivity index (χ3n) is 7.46. The third-order valence-corrected chi connectivity index (χ3v) is 8.54. The van der Waals surface area contributed by atoms with Gasteiger partial charge in [0.1, 0.15) is 0 Å². The molecular weight excluding hydrogens is 508 g/mol. The summed E-state index contributed by atoms with van der Waals surface area (Å²) in [4.78, 5) is 29.1. The molecule has 1 saturated heterocycles. The van der Waals surface area contributed by atoms with Crippen molar-refractivity contribution in [2.75, 3.05) is 32.0 Å². The maximum atomic E-state index is 14.1. The molecule has 1 atom stereocenters. The minimum absolute atomic E-state index is 0.0558. The lowest BCUT2D eigenvalue weighted by Crippen LogP contribution is -2.59. The number of anilines is 2. The zero-order valence-corrected chi connectivity index (χ0v) is 22.6. The summed E-state index contributed by atoms with van der Waals surface area (Å²) in [6, 6.07) is 12.5. The quantitative estimate of drug-likeness (QED) is 0.362. The van der Waals surface area contributed by atoms with Crippen LogP contribution < -0.4 is 5.32 Å². The van der Waals surface area contributed by atoms with Crippen molar-refractivity contribution in [2.24, 2.45) is 0 Å². The average Bonchev–Trinajstić information content (AvgIpc) is 3.56. The number of amides is 2. The highest BCUT2D eigenvalue weighted by Crippen LogP contribution is 2.42. The number of aromatic nitrogens is 4. The van der Waals surface area contributed by atoms with Crippen LogP contribution in [0.1, 0.15) is 30.7 Å². The van der Waals surface area contributed by atoms with Crippen LogP contribution in [0.4, 0.5) is 16.4 Å². The number of halogens is 1. The van der Waals surface area contributed by atoms with Crippen LogP contribution >= 0.6 is 22.9 Å². The number of hydrogen-bond acceptors (Lipinski definition) is 7. The number of benzene rings is 1. The Kier molecular flexibility index (Phi) is 6.05. The van der Waals surface area contributed by atoms with Gasteiger partial charge >= 0.3 is 6.03 Å². The molecule has 0 aliphatic carbocycles. The van der Waals surface area contributed by atoms with Crippen molar-refractivity contribution in [1.29, 1.82) is 0 Å². The Morgan fingerprint density at radius 2 is 2.00 bits per heavy atom. The first kappa shape index (κ1) is 24.1. The molecule has 0 unspecified atom stereocenters. The van der Waals surface area contributed by atoms with Crippen LogP contribution in [0.15, 0.2) is 41.8 Å². The molecule has 2 amide bonds. The van der Waals surface area contributed by atoms with Crippen molar-refractivity contribution < 1.29 is 4.79 Å². The van der Waals surface area contributed by atoms with Gasteiger partial charge < -0.3 is 20.0 Å². The number of fused-ring (bicyclic) bond motifs is 2. The van der Waals surface area contributed by atoms with Crippen LogP contribution in [0.2, 0.25) is 5.28 Å². The number of H-pyrrole nitrogens is 1. The van der Waals surface area contributed by atoms with E-state index in [1.54, 1.807) is 11.3 Å². The molecule has 5 heterocycles. The molecule has 9 nitrogen and oxygen atoms in total. The monoisotopic (exact) mass is 536 g/mol. The van der Waals surface area contributed by atoms with Crippen molar-refractivity contribution in [3.63, 3.8) is 0 Å². The van der Waals surface area contributed by atoms with E-state index < -0.39 is 5.54 Å². The fourth-order valence-electron chi connectivity index (χ4n) is 5.44. The molecule has 1 fully saturated rings. The minimum atomic E-state index is -0.540. The summed E-state index contributed by atoms with van der Waals surface area (Å²) in [6.45, 7) is 7.00. The molecule has 1 aromatic carbocycles. The van der Waals surface area contributed by atoms with E-state index in [0.29, 0.717) is 24.7 Å². The van der Waals surface area contributed by atoms with Gasteiger partial charge in [0.15, 0.2) is 11.6 Å². The Bertz CT molecular complexity index is 1450. The number of hydrogen-bond donors (Lipinski definition) is 2. The Morgan fingerprint density at radius 3 is 2.81 bits per heavy atom. The van der Waals surface area contributed by atoms with Crippen LogP contribution in [0, 0.1) is 0 Å². The lowest BCUT2D eigenvalue weighted by molar-refractivity contribution is 0.0611. The number of carbonyl (C=O) groups excluding carboxylic acids is 1. The highest BCUT2D eigenvalue weighted by atomic mass is 35.5. The van der Waals surface area contributed by atoms with Crippen molar-refractivity contribution in [1.82, 2.24) is 34.9 Å². The molecular formula is C26H29ClN8OS. The smallest absolute Gasteiger partial charge is 0.321 e. The van der Waals surface area contributed by atoms with Gasteiger partial charge in [-0.2, -0.15) is 10.1 Å². The number of urea groups is 1. The van der Waals surface area contributed by atoms with Gasteiger partial charge in [-0.25, -0.2) is 9.78 Å². The maximum absolute atomic E-state index is 14.1. The molecule has 37 heavy (non-hydrogen) atoms. The molecule has 3 aromatic heterocycles. The molecule has 0 saturated carbocycles. The van der Waals surface area contributed by atoms with E-state index in [1.807, 2.05) is 22.4 Å². The number of thiophene rings is 1. The van der Waals surface area contributed by atoms with Crippen molar-refractivity contribution in [3.8, 4) is 0 Å². The SMILES string of the molecule is CN1CCN(C(=O)N2Cc3c(Nc4nc(Cl)nc5ccsc45)n[nH]c3C2(C)C)[C@@H](Cc2ccccc2)C1. The minimum Gasteiger partial charge on any atom is -0.322 e. The molecule has 0 radical (unpaired) electrons. The van der Waals surface area contributed by atoms with E-state index in [9.17, 15) is 4.79 Å². The number of carbonyl (C=O) groups is 1. The van der Waals surface area contributed by atoms with Gasteiger partial charge in [0.2, 0.25) is 5.28 Å². The van der Waals surface area contributed by atoms with E-state index in [1.165, 1.54) is 5.56 Å². The fraction of sp³-hybridized carbons (Fsp3) is 0.385. The zero-order chi connectivity index (χ0) is 25.7. The lowest BCUT2D eigenvalue weighted by atomic mass is 10.00. The molecule has 2 N–H and O–H groups in total. The van der Waals surface area contributed by atoms with Gasteiger partial charge in [0.25, 0.3) is 0 Å². The second-order valence-corrected chi connectivity index (χ2v) is 11.5. The second-order valence-electron chi connectivity index (χ2n) is 10.3. The largest absolute Gasteiger partial charge is 0.322 e. The Hall–Kier alpha value is -3.21. The first-order chi connectivity index (χ1) is 17.8. The summed E-state index contributed by atoms with van der Waals surface area (Å²) >= 11 is 7.71. The molecule has 11 heteroatoms. The van der Waals surface area contributed by atoms with Crippen LogP contribution in [-0.4, -0.2) is 73.6 Å². The highest BCUT2D eigenvalue weighted by molar-refractivity contribution is 7.17. The standard InChI is InChI=1S/C26H29ClN8OS/c1-26(2)21-18(22(32-31-21)29-23-20-19(9-12-37-20)28-24(27)30-23)15-35(26)25(36)34-11-10-33(3)14-17(34)13-16-7-5-4-6-8-16/h4-9,12,17H,10-11,13-15H2,1-3H3,(H2,28,29,30,31,32)/t17-/m0/s1. The fourth-order valence-corrected chi connectivity index (χ4v) is 6.39. The lowest BCUT2D eigenvalue weighted by Gasteiger charge is -2.44. The predicted octanol–water partition coefficient (Wildman–Crippen LogP) is 4.84. The normalized spacial score (nSPS) is 19.4. The number of aromatic amines is 1. The van der Waals surface area contributed by atoms with Crippen molar-refractivity contribution in [3.05, 3.63) is 63.9 Å². The Morgan fingerprint density at radius 1 is 1.19 bits per heavy atom. The summed E-state index contributed by atoms with van der Waals surface area (Å²) in [7, 11) is 2.12. The highest BCUT2D eigenvalue weighted by Gasteiger charge is 2.46. The van der Waals surface area contributed by atoms with E-state index >= 15 is 0 Å². The summed E-state index contributed by atoms with van der Waals surface area (Å²) in [5.41, 5.74) is 3.38. The van der Waals surface area contributed by atoms with Crippen LogP contribution in [0.25, 0.3) is 10.2 Å². The second kappa shape index (κ2) is 9.27. The maximum Gasteiger partial charge on any atom is 0.321 e. The van der Waals surface area contributed by atoms with Crippen molar-refractivity contribution in [2.45, 2.75) is 38.4 Å².